The quantitative estimate of drug-likeness (QED) is 0.789. The average Bonchev–Trinajstić information content (AvgIpc) is 2.16. The summed E-state index contributed by atoms with van der Waals surface area (Å²) in [6, 6.07) is 1.72. The molecule has 18 heavy (non-hydrogen) atoms. The zero-order chi connectivity index (χ0) is 14.1. The number of nitriles is 1. The lowest BCUT2D eigenvalue weighted by atomic mass is 10.3. The van der Waals surface area contributed by atoms with Crippen molar-refractivity contribution in [3.63, 3.8) is 0 Å². The lowest BCUT2D eigenvalue weighted by molar-refractivity contribution is -0.276. The Morgan fingerprint density at radius 2 is 2.00 bits per heavy atom. The minimum atomic E-state index is -5.09. The van der Waals surface area contributed by atoms with Crippen LogP contribution in [0.2, 0.25) is 0 Å². The van der Waals surface area contributed by atoms with Crippen LogP contribution in [0.25, 0.3) is 0 Å². The molecule has 7 nitrogen and oxygen atoms in total. The Labute approximate surface area is 98.8 Å². The number of alkyl halides is 3. The highest BCUT2D eigenvalue weighted by atomic mass is 32.2. The van der Waals surface area contributed by atoms with Crippen LogP contribution in [-0.2, 0) is 10.0 Å². The first-order valence-corrected chi connectivity index (χ1v) is 5.58. The van der Waals surface area contributed by atoms with Gasteiger partial charge in [0.2, 0.25) is 15.9 Å². The first-order valence-electron chi connectivity index (χ1n) is 4.04. The summed E-state index contributed by atoms with van der Waals surface area (Å²) in [5, 5.41) is 13.3. The van der Waals surface area contributed by atoms with Gasteiger partial charge in [0.25, 0.3) is 0 Å². The second-order valence-corrected chi connectivity index (χ2v) is 4.46. The topological polar surface area (TPSA) is 132 Å². The van der Waals surface area contributed by atoms with Crippen molar-refractivity contribution in [2.24, 2.45) is 5.14 Å². The van der Waals surface area contributed by atoms with Gasteiger partial charge in [-0.15, -0.1) is 13.2 Å². The maximum Gasteiger partial charge on any atom is 0.574 e. The third-order valence-corrected chi connectivity index (χ3v) is 2.58. The summed E-state index contributed by atoms with van der Waals surface area (Å²) in [4.78, 5) is 2.23. The van der Waals surface area contributed by atoms with E-state index >= 15 is 0 Å². The molecule has 0 aliphatic carbocycles. The molecular weight excluding hydrogens is 277 g/mol. The van der Waals surface area contributed by atoms with Crippen molar-refractivity contribution < 1.29 is 26.3 Å². The van der Waals surface area contributed by atoms with Crippen molar-refractivity contribution in [2.45, 2.75) is 11.3 Å². The zero-order valence-electron chi connectivity index (χ0n) is 8.39. The fourth-order valence-corrected chi connectivity index (χ4v) is 1.67. The maximum absolute atomic E-state index is 11.9. The smallest absolute Gasteiger partial charge is 0.395 e. The zero-order valence-corrected chi connectivity index (χ0v) is 9.21. The molecule has 0 saturated heterocycles. The minimum absolute atomic E-state index is 0.388. The number of sulfonamides is 1. The van der Waals surface area contributed by atoms with Crippen LogP contribution in [0.15, 0.2) is 11.0 Å². The van der Waals surface area contributed by atoms with Gasteiger partial charge in [0.15, 0.2) is 5.69 Å². The molecule has 0 aliphatic heterocycles. The average molecular weight is 282 g/mol. The standard InChI is InChI=1S/C7H5F3N4O3S/c8-7(9,10)17-5-1-4(18(13,15)16)6(12)3(2-11)14-5/h1H,12H2,(H2,13,15,16). The van der Waals surface area contributed by atoms with Crippen LogP contribution in [0.5, 0.6) is 5.88 Å². The Kier molecular flexibility index (Phi) is 3.36. The molecule has 0 amide bonds. The van der Waals surface area contributed by atoms with Gasteiger partial charge in [0.1, 0.15) is 11.0 Å². The Morgan fingerprint density at radius 1 is 1.44 bits per heavy atom. The van der Waals surface area contributed by atoms with Crippen molar-refractivity contribution in [3.05, 3.63) is 11.8 Å². The van der Waals surface area contributed by atoms with E-state index in [9.17, 15) is 21.6 Å². The van der Waals surface area contributed by atoms with Gasteiger partial charge in [0.05, 0.1) is 5.69 Å². The van der Waals surface area contributed by atoms with Gasteiger partial charge in [-0.3, -0.25) is 0 Å². The lowest BCUT2D eigenvalue weighted by Crippen LogP contribution is -2.20. The largest absolute Gasteiger partial charge is 0.574 e. The summed E-state index contributed by atoms with van der Waals surface area (Å²) in [7, 11) is -4.41. The molecular formula is C7H5F3N4O3S. The summed E-state index contributed by atoms with van der Waals surface area (Å²) in [5.74, 6) is -1.14. The number of pyridine rings is 1. The van der Waals surface area contributed by atoms with Crippen molar-refractivity contribution in [3.8, 4) is 11.9 Å². The van der Waals surface area contributed by atoms with E-state index in [0.717, 1.165) is 0 Å². The van der Waals surface area contributed by atoms with E-state index in [1.807, 2.05) is 0 Å². The van der Waals surface area contributed by atoms with Crippen LogP contribution in [0, 0.1) is 11.3 Å². The Hall–Kier alpha value is -2.06. The van der Waals surface area contributed by atoms with E-state index in [0.29, 0.717) is 6.07 Å². The highest BCUT2D eigenvalue weighted by molar-refractivity contribution is 7.89. The second-order valence-electron chi connectivity index (χ2n) is 2.93. The maximum atomic E-state index is 11.9. The summed E-state index contributed by atoms with van der Waals surface area (Å²) in [5.41, 5.74) is 3.85. The van der Waals surface area contributed by atoms with Crippen molar-refractivity contribution in [1.29, 1.82) is 5.26 Å². The van der Waals surface area contributed by atoms with Crippen LogP contribution in [0.4, 0.5) is 18.9 Å². The summed E-state index contributed by atoms with van der Waals surface area (Å²) in [6.07, 6.45) is -5.09. The molecule has 0 aliphatic rings. The molecule has 4 N–H and O–H groups in total. The number of anilines is 1. The third kappa shape index (κ3) is 3.22. The molecule has 0 radical (unpaired) electrons. The SMILES string of the molecule is N#Cc1nc(OC(F)(F)F)cc(S(N)(=O)=O)c1N. The first-order chi connectivity index (χ1) is 8.04. The van der Waals surface area contributed by atoms with Gasteiger partial charge in [-0.05, 0) is 0 Å². The Bertz CT molecular complexity index is 620. The Balaban J connectivity index is 3.47. The van der Waals surface area contributed by atoms with Crippen molar-refractivity contribution >= 4 is 15.7 Å². The van der Waals surface area contributed by atoms with Crippen LogP contribution < -0.4 is 15.6 Å². The number of aromatic nitrogens is 1. The molecule has 0 unspecified atom stereocenters. The molecule has 1 heterocycles. The monoisotopic (exact) mass is 282 g/mol. The number of nitrogens with two attached hydrogens (primary N) is 2. The second kappa shape index (κ2) is 4.31. The van der Waals surface area contributed by atoms with E-state index in [2.05, 4.69) is 9.72 Å². The highest BCUT2D eigenvalue weighted by Crippen LogP contribution is 2.27. The van der Waals surface area contributed by atoms with Gasteiger partial charge in [-0.1, -0.05) is 0 Å². The molecule has 1 rings (SSSR count). The van der Waals surface area contributed by atoms with Crippen molar-refractivity contribution in [2.75, 3.05) is 5.73 Å². The molecule has 0 aromatic carbocycles. The fourth-order valence-electron chi connectivity index (χ4n) is 1.00. The van der Waals surface area contributed by atoms with Crippen LogP contribution in [0.3, 0.4) is 0 Å². The number of nitrogens with zero attached hydrogens (tertiary/aromatic N) is 2. The highest BCUT2D eigenvalue weighted by Gasteiger charge is 2.33. The molecule has 1 aromatic rings. The predicted octanol–water partition coefficient (Wildman–Crippen LogP) is 0.0815. The fraction of sp³-hybridized carbons (Fsp3) is 0.143. The summed E-state index contributed by atoms with van der Waals surface area (Å²) in [6.45, 7) is 0. The number of hydrogen-bond donors (Lipinski definition) is 2. The predicted molar refractivity (Wildman–Crippen MR) is 51.4 cm³/mol. The number of rotatable bonds is 2. The Morgan fingerprint density at radius 3 is 2.39 bits per heavy atom. The third-order valence-electron chi connectivity index (χ3n) is 1.63. The first kappa shape index (κ1) is 14.0. The van der Waals surface area contributed by atoms with Gasteiger partial charge >= 0.3 is 6.36 Å². The summed E-state index contributed by atoms with van der Waals surface area (Å²) >= 11 is 0. The van der Waals surface area contributed by atoms with E-state index in [4.69, 9.17) is 16.1 Å². The molecule has 1 aromatic heterocycles. The summed E-state index contributed by atoms with van der Waals surface area (Å²) < 4.78 is 61.4. The van der Waals surface area contributed by atoms with Gasteiger partial charge in [0, 0.05) is 6.07 Å². The van der Waals surface area contributed by atoms with E-state index in [1.54, 1.807) is 0 Å². The van der Waals surface area contributed by atoms with Gasteiger partial charge in [-0.2, -0.15) is 5.26 Å². The molecule has 0 fully saturated rings. The van der Waals surface area contributed by atoms with Crippen LogP contribution in [0.1, 0.15) is 5.69 Å². The van der Waals surface area contributed by atoms with E-state index in [-0.39, 0.29) is 0 Å². The molecule has 0 atom stereocenters. The van der Waals surface area contributed by atoms with E-state index in [1.165, 1.54) is 6.07 Å². The molecule has 0 spiro atoms. The molecule has 11 heteroatoms. The minimum Gasteiger partial charge on any atom is -0.395 e. The lowest BCUT2D eigenvalue weighted by Gasteiger charge is -2.10. The van der Waals surface area contributed by atoms with Gasteiger partial charge in [-0.25, -0.2) is 18.5 Å². The number of nitrogen functional groups attached to an aromatic ring is 1. The molecule has 0 saturated carbocycles. The van der Waals surface area contributed by atoms with Crippen molar-refractivity contribution in [1.82, 2.24) is 4.98 Å². The number of primary sulfonamides is 1. The normalized spacial score (nSPS) is 11.9. The number of halogens is 3. The van der Waals surface area contributed by atoms with Crippen LogP contribution in [-0.4, -0.2) is 19.8 Å². The van der Waals surface area contributed by atoms with Crippen LogP contribution >= 0.6 is 0 Å². The molecule has 0 bridgehead atoms. The van der Waals surface area contributed by atoms with Gasteiger partial charge < -0.3 is 10.5 Å². The number of ether oxygens (including phenoxy) is 1. The molecule has 98 valence electrons. The van der Waals surface area contributed by atoms with E-state index < -0.39 is 38.5 Å². The number of hydrogen-bond acceptors (Lipinski definition) is 6.